The Labute approximate surface area is 153 Å². The topological polar surface area (TPSA) is 67.2 Å². The average Bonchev–Trinajstić information content (AvgIpc) is 2.63. The van der Waals surface area contributed by atoms with Crippen LogP contribution in [0.15, 0.2) is 35.3 Å². The van der Waals surface area contributed by atoms with Crippen molar-refractivity contribution in [2.75, 3.05) is 26.7 Å². The molecule has 0 spiro atoms. The Hall–Kier alpha value is -1.92. The largest absolute Gasteiger partial charge is 0.341 e. The Kier molecular flexibility index (Phi) is 6.96. The van der Waals surface area contributed by atoms with Gasteiger partial charge < -0.3 is 10.2 Å². The van der Waals surface area contributed by atoms with Gasteiger partial charge in [0.2, 0.25) is 11.3 Å². The summed E-state index contributed by atoms with van der Waals surface area (Å²) in [6, 6.07) is 7.29. The van der Waals surface area contributed by atoms with E-state index in [-0.39, 0.29) is 30.3 Å². The molecular formula is C18H25ClN4O2. The molecule has 1 aromatic heterocycles. The number of hydrogen-bond acceptors (Lipinski definition) is 4. The number of piperidine rings is 1. The summed E-state index contributed by atoms with van der Waals surface area (Å²) in [6.07, 6.45) is 4.58. The van der Waals surface area contributed by atoms with Crippen molar-refractivity contribution >= 4 is 29.2 Å². The highest BCUT2D eigenvalue weighted by Gasteiger charge is 2.23. The molecule has 0 atom stereocenters. The molecule has 0 bridgehead atoms. The van der Waals surface area contributed by atoms with E-state index in [1.54, 1.807) is 10.7 Å². The van der Waals surface area contributed by atoms with E-state index in [1.807, 2.05) is 30.1 Å². The molecule has 0 unspecified atom stereocenters. The van der Waals surface area contributed by atoms with Crippen LogP contribution in [0.2, 0.25) is 0 Å². The number of rotatable bonds is 5. The van der Waals surface area contributed by atoms with E-state index >= 15 is 0 Å². The maximum absolute atomic E-state index is 12.6. The Morgan fingerprint density at radius 1 is 1.28 bits per heavy atom. The first-order valence-electron chi connectivity index (χ1n) is 8.56. The van der Waals surface area contributed by atoms with Crippen LogP contribution in [-0.4, -0.2) is 47.3 Å². The first kappa shape index (κ1) is 19.4. The second-order valence-electron chi connectivity index (χ2n) is 6.40. The fourth-order valence-corrected chi connectivity index (χ4v) is 3.33. The summed E-state index contributed by atoms with van der Waals surface area (Å²) in [7, 11) is 1.97. The van der Waals surface area contributed by atoms with Crippen molar-refractivity contribution < 1.29 is 4.79 Å². The van der Waals surface area contributed by atoms with Crippen molar-refractivity contribution in [3.8, 4) is 0 Å². The minimum Gasteiger partial charge on any atom is -0.341 e. The van der Waals surface area contributed by atoms with E-state index < -0.39 is 0 Å². The molecule has 7 heteroatoms. The van der Waals surface area contributed by atoms with Crippen molar-refractivity contribution in [1.82, 2.24) is 20.0 Å². The first-order valence-corrected chi connectivity index (χ1v) is 8.56. The summed E-state index contributed by atoms with van der Waals surface area (Å²) in [5, 5.41) is 7.93. The number of carbonyl (C=O) groups is 1. The highest BCUT2D eigenvalue weighted by molar-refractivity contribution is 5.85. The number of para-hydroxylation sites is 1. The van der Waals surface area contributed by atoms with Crippen LogP contribution in [0.3, 0.4) is 0 Å². The minimum absolute atomic E-state index is 0. The molecule has 1 N–H and O–H groups in total. The van der Waals surface area contributed by atoms with Crippen LogP contribution in [0, 0.1) is 5.92 Å². The Morgan fingerprint density at radius 3 is 2.72 bits per heavy atom. The lowest BCUT2D eigenvalue weighted by molar-refractivity contribution is -0.133. The van der Waals surface area contributed by atoms with Gasteiger partial charge in [-0.3, -0.25) is 14.3 Å². The van der Waals surface area contributed by atoms with Crippen molar-refractivity contribution in [2.45, 2.75) is 25.8 Å². The molecule has 0 radical (unpaired) electrons. The number of amides is 1. The van der Waals surface area contributed by atoms with Crippen molar-refractivity contribution in [1.29, 1.82) is 0 Å². The third kappa shape index (κ3) is 4.58. The first-order chi connectivity index (χ1) is 11.7. The lowest BCUT2D eigenvalue weighted by Crippen LogP contribution is -2.41. The van der Waals surface area contributed by atoms with Crippen LogP contribution in [0.4, 0.5) is 0 Å². The maximum atomic E-state index is 12.6. The van der Waals surface area contributed by atoms with Gasteiger partial charge in [-0.2, -0.15) is 5.10 Å². The van der Waals surface area contributed by atoms with E-state index in [1.165, 1.54) is 12.6 Å². The number of halogens is 1. The molecule has 1 aliphatic heterocycles. The van der Waals surface area contributed by atoms with Crippen LogP contribution in [0.5, 0.6) is 0 Å². The lowest BCUT2D eigenvalue weighted by Gasteiger charge is -2.32. The van der Waals surface area contributed by atoms with E-state index in [0.29, 0.717) is 16.8 Å². The summed E-state index contributed by atoms with van der Waals surface area (Å²) in [5.74, 6) is 0.774. The highest BCUT2D eigenvalue weighted by Crippen LogP contribution is 2.20. The van der Waals surface area contributed by atoms with Gasteiger partial charge in [-0.1, -0.05) is 12.1 Å². The standard InChI is InChI=1S/C18H24N4O2.ClH/c1-19-9-6-14-7-10-21(11-8-14)18(24)13-22-16-5-3-2-4-15(16)17(23)12-20-22;/h2-5,12,14,19H,6-11,13H2,1H3;1H. The van der Waals surface area contributed by atoms with Gasteiger partial charge in [0.25, 0.3) is 0 Å². The molecule has 25 heavy (non-hydrogen) atoms. The van der Waals surface area contributed by atoms with Gasteiger partial charge in [0.1, 0.15) is 6.54 Å². The number of nitrogens with one attached hydrogen (secondary N) is 1. The predicted octanol–water partition coefficient (Wildman–Crippen LogP) is 1.67. The number of hydrogen-bond donors (Lipinski definition) is 1. The molecule has 2 heterocycles. The van der Waals surface area contributed by atoms with Gasteiger partial charge in [-0.05, 0) is 50.9 Å². The zero-order valence-corrected chi connectivity index (χ0v) is 15.3. The Morgan fingerprint density at radius 2 is 2.00 bits per heavy atom. The summed E-state index contributed by atoms with van der Waals surface area (Å²) < 4.78 is 1.63. The monoisotopic (exact) mass is 364 g/mol. The second-order valence-corrected chi connectivity index (χ2v) is 6.40. The third-order valence-electron chi connectivity index (χ3n) is 4.82. The Balaban J connectivity index is 0.00000225. The number of carbonyl (C=O) groups excluding carboxylic acids is 1. The molecule has 136 valence electrons. The number of aromatic nitrogens is 2. The summed E-state index contributed by atoms with van der Waals surface area (Å²) >= 11 is 0. The molecular weight excluding hydrogens is 340 g/mol. The van der Waals surface area contributed by atoms with Gasteiger partial charge in [0.05, 0.1) is 11.7 Å². The SMILES string of the molecule is CNCCC1CCN(C(=O)Cn2ncc(=O)c3ccccc32)CC1.Cl. The number of likely N-dealkylation sites (tertiary alicyclic amines) is 1. The molecule has 6 nitrogen and oxygen atoms in total. The van der Waals surface area contributed by atoms with Gasteiger partial charge in [0.15, 0.2) is 0 Å². The van der Waals surface area contributed by atoms with Crippen molar-refractivity contribution in [3.05, 3.63) is 40.7 Å². The molecule has 1 amide bonds. The number of benzene rings is 1. The van der Waals surface area contributed by atoms with E-state index in [2.05, 4.69) is 10.4 Å². The molecule has 1 saturated heterocycles. The van der Waals surface area contributed by atoms with Crippen molar-refractivity contribution in [2.24, 2.45) is 5.92 Å². The van der Waals surface area contributed by atoms with Gasteiger partial charge in [0, 0.05) is 18.5 Å². The van der Waals surface area contributed by atoms with Gasteiger partial charge >= 0.3 is 0 Å². The maximum Gasteiger partial charge on any atom is 0.244 e. The summed E-state index contributed by atoms with van der Waals surface area (Å²) in [4.78, 5) is 26.4. The van der Waals surface area contributed by atoms with Crippen molar-refractivity contribution in [3.63, 3.8) is 0 Å². The molecule has 2 aromatic rings. The average molecular weight is 365 g/mol. The predicted molar refractivity (Wildman–Crippen MR) is 101 cm³/mol. The lowest BCUT2D eigenvalue weighted by atomic mass is 9.93. The molecule has 1 aliphatic rings. The van der Waals surface area contributed by atoms with E-state index in [4.69, 9.17) is 0 Å². The third-order valence-corrected chi connectivity index (χ3v) is 4.82. The quantitative estimate of drug-likeness (QED) is 0.876. The van der Waals surface area contributed by atoms with E-state index in [9.17, 15) is 9.59 Å². The van der Waals surface area contributed by atoms with Crippen LogP contribution in [0.25, 0.3) is 10.9 Å². The molecule has 0 saturated carbocycles. The fourth-order valence-electron chi connectivity index (χ4n) is 3.33. The smallest absolute Gasteiger partial charge is 0.244 e. The molecule has 1 fully saturated rings. The Bertz CT molecular complexity index is 769. The van der Waals surface area contributed by atoms with Crippen LogP contribution < -0.4 is 10.7 Å². The van der Waals surface area contributed by atoms with E-state index in [0.717, 1.165) is 32.5 Å². The van der Waals surface area contributed by atoms with Crippen LogP contribution in [-0.2, 0) is 11.3 Å². The highest BCUT2D eigenvalue weighted by atomic mass is 35.5. The van der Waals surface area contributed by atoms with Crippen LogP contribution >= 0.6 is 12.4 Å². The molecule has 3 rings (SSSR count). The molecule has 1 aromatic carbocycles. The van der Waals surface area contributed by atoms with Gasteiger partial charge in [-0.15, -0.1) is 12.4 Å². The zero-order valence-electron chi connectivity index (χ0n) is 14.5. The number of fused-ring (bicyclic) bond motifs is 1. The van der Waals surface area contributed by atoms with Crippen LogP contribution in [0.1, 0.15) is 19.3 Å². The van der Waals surface area contributed by atoms with Gasteiger partial charge in [-0.25, -0.2) is 0 Å². The second kappa shape index (κ2) is 8.97. The fraction of sp³-hybridized carbons (Fsp3) is 0.500. The summed E-state index contributed by atoms with van der Waals surface area (Å²) in [6.45, 7) is 2.84. The summed E-state index contributed by atoms with van der Waals surface area (Å²) in [5.41, 5.74) is 0.599. The number of nitrogens with zero attached hydrogens (tertiary/aromatic N) is 3. The molecule has 0 aliphatic carbocycles. The normalized spacial score (nSPS) is 15.2. The minimum atomic E-state index is -0.111. The zero-order chi connectivity index (χ0) is 16.9.